The number of carbonyl (C=O) groups excluding carboxylic acids is 1. The number of hydrogen-bond acceptors (Lipinski definition) is 6. The lowest BCUT2D eigenvalue weighted by atomic mass is 10.1. The van der Waals surface area contributed by atoms with Crippen LogP contribution in [0.5, 0.6) is 0 Å². The fourth-order valence-electron chi connectivity index (χ4n) is 2.50. The van der Waals surface area contributed by atoms with E-state index in [0.29, 0.717) is 16.3 Å². The molecular formula is C19H15IN4O3S. The van der Waals surface area contributed by atoms with Gasteiger partial charge in [-0.25, -0.2) is 10.9 Å². The Morgan fingerprint density at radius 1 is 1.04 bits per heavy atom. The van der Waals surface area contributed by atoms with Gasteiger partial charge in [-0.15, -0.1) is 0 Å². The van der Waals surface area contributed by atoms with Gasteiger partial charge in [-0.05, 0) is 59.0 Å². The van der Waals surface area contributed by atoms with Crippen LogP contribution in [-0.4, -0.2) is 10.8 Å². The third-order valence-electron chi connectivity index (χ3n) is 3.88. The van der Waals surface area contributed by atoms with Crippen LogP contribution in [0.25, 0.3) is 0 Å². The Balaban J connectivity index is 1.95. The van der Waals surface area contributed by atoms with Crippen LogP contribution in [0, 0.1) is 13.7 Å². The van der Waals surface area contributed by atoms with Gasteiger partial charge in [0.1, 0.15) is 0 Å². The molecule has 0 spiro atoms. The summed E-state index contributed by atoms with van der Waals surface area (Å²) in [6.45, 7) is 0. The summed E-state index contributed by atoms with van der Waals surface area (Å²) < 4.78 is 0.829. The minimum absolute atomic E-state index is 0.0000107. The number of nitrogens with two attached hydrogens (primary N) is 2. The molecule has 28 heavy (non-hydrogen) atoms. The summed E-state index contributed by atoms with van der Waals surface area (Å²) >= 11 is 3.39. The van der Waals surface area contributed by atoms with E-state index in [-0.39, 0.29) is 11.3 Å². The second-order valence-corrected chi connectivity index (χ2v) is 7.98. The Bertz CT molecular complexity index is 1040. The van der Waals surface area contributed by atoms with Crippen LogP contribution in [0.2, 0.25) is 0 Å². The molecule has 3 aromatic carbocycles. The third kappa shape index (κ3) is 4.26. The summed E-state index contributed by atoms with van der Waals surface area (Å²) in [4.78, 5) is 24.8. The number of nitrogen functional groups attached to an aromatic ring is 1. The van der Waals surface area contributed by atoms with Crippen LogP contribution < -0.4 is 16.6 Å². The van der Waals surface area contributed by atoms with Crippen LogP contribution in [0.1, 0.15) is 10.4 Å². The van der Waals surface area contributed by atoms with Crippen molar-refractivity contribution in [1.29, 1.82) is 0 Å². The van der Waals surface area contributed by atoms with E-state index in [1.807, 2.05) is 12.1 Å². The molecule has 0 bridgehead atoms. The van der Waals surface area contributed by atoms with Crippen LogP contribution in [0.3, 0.4) is 0 Å². The molecule has 4 N–H and O–H groups in total. The normalized spacial score (nSPS) is 10.5. The highest BCUT2D eigenvalue weighted by Crippen LogP contribution is 2.35. The standard InChI is InChI=1S/C19H15IN4O3S/c20-14-4-1-2-6-16(14)23(22)19(25)18-15(21)5-3-7-17(18)28-13-10-8-12(9-11-13)24(26)27/h1-11H,21-22H2. The number of halogens is 1. The number of para-hydroxylation sites is 1. The van der Waals surface area contributed by atoms with Crippen molar-refractivity contribution in [3.63, 3.8) is 0 Å². The zero-order chi connectivity index (χ0) is 20.3. The van der Waals surface area contributed by atoms with Crippen molar-refractivity contribution in [3.8, 4) is 0 Å². The van der Waals surface area contributed by atoms with E-state index in [1.54, 1.807) is 42.5 Å². The number of hydrogen-bond donors (Lipinski definition) is 2. The average Bonchev–Trinajstić information content (AvgIpc) is 2.68. The monoisotopic (exact) mass is 506 g/mol. The summed E-state index contributed by atoms with van der Waals surface area (Å²) in [6.07, 6.45) is 0. The quantitative estimate of drug-likeness (QED) is 0.132. The van der Waals surface area contributed by atoms with Gasteiger partial charge >= 0.3 is 0 Å². The molecule has 0 radical (unpaired) electrons. The van der Waals surface area contributed by atoms with E-state index < -0.39 is 10.8 Å². The summed E-state index contributed by atoms with van der Waals surface area (Å²) in [6, 6.07) is 18.5. The van der Waals surface area contributed by atoms with E-state index in [1.165, 1.54) is 23.9 Å². The number of hydrazine groups is 1. The first-order chi connectivity index (χ1) is 13.4. The van der Waals surface area contributed by atoms with Gasteiger partial charge < -0.3 is 5.73 Å². The van der Waals surface area contributed by atoms with Crippen LogP contribution in [0.4, 0.5) is 17.1 Å². The SMILES string of the molecule is Nc1cccc(Sc2ccc([N+](=O)[O-])cc2)c1C(=O)N(N)c1ccccc1I. The fourth-order valence-corrected chi connectivity index (χ4v) is 4.13. The van der Waals surface area contributed by atoms with Crippen molar-refractivity contribution in [1.82, 2.24) is 0 Å². The molecule has 0 unspecified atom stereocenters. The summed E-state index contributed by atoms with van der Waals surface area (Å²) in [5, 5.41) is 11.9. The molecule has 7 nitrogen and oxygen atoms in total. The number of nitrogens with zero attached hydrogens (tertiary/aromatic N) is 2. The summed E-state index contributed by atoms with van der Waals surface area (Å²) in [5.74, 6) is 5.66. The number of amides is 1. The molecule has 3 aromatic rings. The highest BCUT2D eigenvalue weighted by molar-refractivity contribution is 14.1. The van der Waals surface area contributed by atoms with E-state index in [9.17, 15) is 14.9 Å². The van der Waals surface area contributed by atoms with Gasteiger partial charge in [0.05, 0.1) is 16.2 Å². The predicted molar refractivity (Wildman–Crippen MR) is 118 cm³/mol. The molecule has 0 aliphatic carbocycles. The topological polar surface area (TPSA) is 115 Å². The van der Waals surface area contributed by atoms with Crippen molar-refractivity contribution in [3.05, 3.63) is 86.0 Å². The lowest BCUT2D eigenvalue weighted by molar-refractivity contribution is -0.384. The first-order valence-electron chi connectivity index (χ1n) is 8.03. The van der Waals surface area contributed by atoms with Crippen LogP contribution in [0.15, 0.2) is 76.5 Å². The second-order valence-electron chi connectivity index (χ2n) is 5.70. The van der Waals surface area contributed by atoms with Crippen LogP contribution >= 0.6 is 34.4 Å². The Morgan fingerprint density at radius 2 is 1.71 bits per heavy atom. The van der Waals surface area contributed by atoms with Crippen molar-refractivity contribution < 1.29 is 9.72 Å². The number of benzene rings is 3. The molecule has 0 aromatic heterocycles. The van der Waals surface area contributed by atoms with Gasteiger partial charge in [-0.3, -0.25) is 14.9 Å². The van der Waals surface area contributed by atoms with Crippen molar-refractivity contribution in [2.75, 3.05) is 10.7 Å². The number of nitro groups is 1. The Morgan fingerprint density at radius 3 is 2.36 bits per heavy atom. The number of anilines is 2. The fraction of sp³-hybridized carbons (Fsp3) is 0. The zero-order valence-corrected chi connectivity index (χ0v) is 17.4. The number of nitro benzene ring substituents is 1. The maximum absolute atomic E-state index is 13.1. The molecule has 0 fully saturated rings. The molecule has 142 valence electrons. The van der Waals surface area contributed by atoms with E-state index >= 15 is 0 Å². The first-order valence-corrected chi connectivity index (χ1v) is 9.92. The number of non-ortho nitro benzene ring substituents is 1. The van der Waals surface area contributed by atoms with Gasteiger partial charge in [0.15, 0.2) is 0 Å². The molecule has 3 rings (SSSR count). The lowest BCUT2D eigenvalue weighted by Gasteiger charge is -2.20. The van der Waals surface area contributed by atoms with Gasteiger partial charge in [0.25, 0.3) is 11.6 Å². The highest BCUT2D eigenvalue weighted by atomic mass is 127. The first kappa shape index (κ1) is 20.1. The Hall–Kier alpha value is -2.63. The minimum atomic E-state index is -0.461. The van der Waals surface area contributed by atoms with Gasteiger partial charge in [0, 0.05) is 31.2 Å². The molecule has 0 heterocycles. The Kier molecular flexibility index (Phi) is 6.17. The highest BCUT2D eigenvalue weighted by Gasteiger charge is 2.22. The molecule has 9 heteroatoms. The van der Waals surface area contributed by atoms with E-state index in [0.717, 1.165) is 13.5 Å². The number of carbonyl (C=O) groups is 1. The Labute approximate surface area is 179 Å². The smallest absolute Gasteiger partial charge is 0.275 e. The van der Waals surface area contributed by atoms with Crippen molar-refractivity contribution >= 4 is 57.3 Å². The van der Waals surface area contributed by atoms with Crippen LogP contribution in [-0.2, 0) is 0 Å². The maximum atomic E-state index is 13.1. The zero-order valence-electron chi connectivity index (χ0n) is 14.4. The van der Waals surface area contributed by atoms with Gasteiger partial charge in [-0.2, -0.15) is 0 Å². The summed E-state index contributed by atoms with van der Waals surface area (Å²) in [5.41, 5.74) is 7.25. The number of rotatable bonds is 5. The van der Waals surface area contributed by atoms with E-state index in [4.69, 9.17) is 11.6 Å². The molecule has 0 atom stereocenters. The molecule has 0 saturated carbocycles. The lowest BCUT2D eigenvalue weighted by Crippen LogP contribution is -2.38. The molecule has 1 amide bonds. The van der Waals surface area contributed by atoms with Gasteiger partial charge in [-0.1, -0.05) is 30.0 Å². The molecule has 0 aliphatic heterocycles. The largest absolute Gasteiger partial charge is 0.398 e. The van der Waals surface area contributed by atoms with E-state index in [2.05, 4.69) is 22.6 Å². The molecule has 0 aliphatic rings. The maximum Gasteiger partial charge on any atom is 0.275 e. The molecule has 0 saturated heterocycles. The van der Waals surface area contributed by atoms with Crippen molar-refractivity contribution in [2.45, 2.75) is 9.79 Å². The minimum Gasteiger partial charge on any atom is -0.398 e. The van der Waals surface area contributed by atoms with Crippen molar-refractivity contribution in [2.24, 2.45) is 5.84 Å². The second kappa shape index (κ2) is 8.59. The molecular weight excluding hydrogens is 491 g/mol. The van der Waals surface area contributed by atoms with Gasteiger partial charge in [0.2, 0.25) is 0 Å². The average molecular weight is 506 g/mol. The third-order valence-corrected chi connectivity index (χ3v) is 5.86. The summed E-state index contributed by atoms with van der Waals surface area (Å²) in [7, 11) is 0. The predicted octanol–water partition coefficient (Wildman–Crippen LogP) is 4.45.